The lowest BCUT2D eigenvalue weighted by Gasteiger charge is -2.17. The van der Waals surface area contributed by atoms with Gasteiger partial charge in [0.1, 0.15) is 4.90 Å². The number of fused-ring (bicyclic) bond motifs is 1. The summed E-state index contributed by atoms with van der Waals surface area (Å²) in [4.78, 5) is 13.4. The van der Waals surface area contributed by atoms with Crippen LogP contribution in [0.5, 0.6) is 0 Å². The summed E-state index contributed by atoms with van der Waals surface area (Å²) in [7, 11) is -3.85. The van der Waals surface area contributed by atoms with Gasteiger partial charge >= 0.3 is 0 Å². The maximum absolute atomic E-state index is 12.9. The van der Waals surface area contributed by atoms with Crippen molar-refractivity contribution < 1.29 is 13.2 Å². The third-order valence-corrected chi connectivity index (χ3v) is 6.70. The number of hydrogen-bond acceptors (Lipinski definition) is 3. The molecule has 2 aromatic rings. The predicted molar refractivity (Wildman–Crippen MR) is 103 cm³/mol. The molecule has 0 saturated heterocycles. The molecule has 0 radical (unpaired) electrons. The summed E-state index contributed by atoms with van der Waals surface area (Å²) in [6.45, 7) is 3.82. The molecule has 1 aliphatic heterocycles. The predicted octanol–water partition coefficient (Wildman–Crippen LogP) is 4.12. The largest absolute Gasteiger partial charge is 0.312 e. The summed E-state index contributed by atoms with van der Waals surface area (Å²) in [6.07, 6.45) is 0.703. The fourth-order valence-electron chi connectivity index (χ4n) is 2.82. The molecule has 2 aromatic carbocycles. The zero-order valence-electron chi connectivity index (χ0n) is 13.6. The molecule has 0 saturated carbocycles. The normalized spacial score (nSPS) is 13.7. The number of carbonyl (C=O) groups excluding carboxylic acids is 1. The highest BCUT2D eigenvalue weighted by Gasteiger charge is 2.27. The van der Waals surface area contributed by atoms with E-state index in [0.717, 1.165) is 11.1 Å². The van der Waals surface area contributed by atoms with E-state index in [1.807, 2.05) is 0 Å². The van der Waals surface area contributed by atoms with Crippen LogP contribution in [0.2, 0.25) is 5.02 Å². The van der Waals surface area contributed by atoms with Crippen molar-refractivity contribution >= 4 is 54.8 Å². The molecule has 0 bridgehead atoms. The Balaban J connectivity index is 2.05. The molecule has 0 atom stereocenters. The van der Waals surface area contributed by atoms with Crippen molar-refractivity contribution in [3.05, 3.63) is 51.0 Å². The molecule has 3 rings (SSSR count). The van der Waals surface area contributed by atoms with Crippen molar-refractivity contribution in [2.45, 2.75) is 25.2 Å². The lowest BCUT2D eigenvalue weighted by molar-refractivity contribution is -0.116. The molecular formula is C17H16BrClN2O3S. The van der Waals surface area contributed by atoms with E-state index in [9.17, 15) is 13.2 Å². The Hall–Kier alpha value is -1.57. The number of aryl methyl sites for hydroxylation is 1. The first kappa shape index (κ1) is 18.2. The molecular weight excluding hydrogens is 428 g/mol. The van der Waals surface area contributed by atoms with Crippen molar-refractivity contribution in [2.24, 2.45) is 0 Å². The van der Waals surface area contributed by atoms with Crippen LogP contribution in [0.4, 0.5) is 11.4 Å². The first-order chi connectivity index (χ1) is 11.7. The highest BCUT2D eigenvalue weighted by atomic mass is 79.9. The third-order valence-electron chi connectivity index (χ3n) is 4.14. The topological polar surface area (TPSA) is 66.5 Å². The van der Waals surface area contributed by atoms with Gasteiger partial charge in [0, 0.05) is 28.7 Å². The molecule has 5 nitrogen and oxygen atoms in total. The van der Waals surface area contributed by atoms with Gasteiger partial charge in [-0.15, -0.1) is 0 Å². The van der Waals surface area contributed by atoms with Crippen LogP contribution >= 0.6 is 27.5 Å². The number of hydrogen-bond donors (Lipinski definition) is 1. The van der Waals surface area contributed by atoms with E-state index >= 15 is 0 Å². The molecule has 1 amide bonds. The average molecular weight is 444 g/mol. The minimum atomic E-state index is -3.85. The van der Waals surface area contributed by atoms with Crippen LogP contribution in [0.25, 0.3) is 0 Å². The Bertz CT molecular complexity index is 976. The number of halogens is 2. The van der Waals surface area contributed by atoms with Gasteiger partial charge in [-0.05, 0) is 64.7 Å². The second-order valence-corrected chi connectivity index (χ2v) is 8.84. The number of sulfonamides is 1. The second kappa shape index (κ2) is 6.63. The lowest BCUT2D eigenvalue weighted by atomic mass is 10.2. The maximum atomic E-state index is 12.9. The first-order valence-corrected chi connectivity index (χ1v) is 10.2. The molecule has 0 aliphatic carbocycles. The third kappa shape index (κ3) is 3.54. The van der Waals surface area contributed by atoms with E-state index in [0.29, 0.717) is 33.8 Å². The monoisotopic (exact) mass is 442 g/mol. The smallest absolute Gasteiger partial charge is 0.263 e. The minimum Gasteiger partial charge on any atom is -0.312 e. The molecule has 0 spiro atoms. The lowest BCUT2D eigenvalue weighted by Crippen LogP contribution is -2.26. The van der Waals surface area contributed by atoms with Crippen LogP contribution in [0, 0.1) is 6.92 Å². The van der Waals surface area contributed by atoms with Gasteiger partial charge in [-0.1, -0.05) is 17.7 Å². The van der Waals surface area contributed by atoms with Gasteiger partial charge in [-0.25, -0.2) is 8.42 Å². The van der Waals surface area contributed by atoms with E-state index in [1.165, 1.54) is 13.0 Å². The number of amides is 1. The minimum absolute atomic E-state index is 0.0822. The van der Waals surface area contributed by atoms with Gasteiger partial charge in [0.2, 0.25) is 5.91 Å². The number of anilines is 2. The van der Waals surface area contributed by atoms with Crippen LogP contribution in [-0.4, -0.2) is 20.9 Å². The number of nitrogens with one attached hydrogen (secondary N) is 1. The summed E-state index contributed by atoms with van der Waals surface area (Å²) >= 11 is 9.31. The van der Waals surface area contributed by atoms with Crippen LogP contribution in [0.3, 0.4) is 0 Å². The van der Waals surface area contributed by atoms with Gasteiger partial charge in [0.05, 0.1) is 5.69 Å². The standard InChI is InChI=1S/C17H16BrClN2O3S/c1-10-3-4-13(19)8-15(10)20-25(23,24)17-9-16-12(7-14(17)18)5-6-21(16)11(2)22/h3-4,7-9,20H,5-6H2,1-2H3. The SMILES string of the molecule is CC(=O)N1CCc2cc(Br)c(S(=O)(=O)Nc3cc(Cl)ccc3C)cc21. The Morgan fingerprint density at radius 3 is 2.68 bits per heavy atom. The van der Waals surface area contributed by atoms with Crippen molar-refractivity contribution in [3.63, 3.8) is 0 Å². The van der Waals surface area contributed by atoms with Crippen LogP contribution < -0.4 is 9.62 Å². The Morgan fingerprint density at radius 2 is 2.00 bits per heavy atom. The summed E-state index contributed by atoms with van der Waals surface area (Å²) in [5.41, 5.74) is 2.76. The summed E-state index contributed by atoms with van der Waals surface area (Å²) in [5.74, 6) is -0.108. The number of nitrogens with zero attached hydrogens (tertiary/aromatic N) is 1. The molecule has 25 heavy (non-hydrogen) atoms. The maximum Gasteiger partial charge on any atom is 0.263 e. The Morgan fingerprint density at radius 1 is 1.28 bits per heavy atom. The van der Waals surface area contributed by atoms with Crippen LogP contribution in [0.1, 0.15) is 18.1 Å². The molecule has 1 N–H and O–H groups in total. The average Bonchev–Trinajstić information content (AvgIpc) is 2.92. The zero-order valence-corrected chi connectivity index (χ0v) is 16.8. The molecule has 132 valence electrons. The highest BCUT2D eigenvalue weighted by Crippen LogP contribution is 2.36. The van der Waals surface area contributed by atoms with E-state index < -0.39 is 10.0 Å². The van der Waals surface area contributed by atoms with Crippen molar-refractivity contribution in [1.29, 1.82) is 0 Å². The van der Waals surface area contributed by atoms with Gasteiger partial charge < -0.3 is 4.90 Å². The number of carbonyl (C=O) groups is 1. The van der Waals surface area contributed by atoms with Crippen molar-refractivity contribution in [2.75, 3.05) is 16.2 Å². The molecule has 1 heterocycles. The summed E-state index contributed by atoms with van der Waals surface area (Å²) < 4.78 is 28.8. The summed E-state index contributed by atoms with van der Waals surface area (Å²) in [6, 6.07) is 8.31. The molecule has 0 unspecified atom stereocenters. The fraction of sp³-hybridized carbons (Fsp3) is 0.235. The summed E-state index contributed by atoms with van der Waals surface area (Å²) in [5, 5.41) is 0.444. The zero-order chi connectivity index (χ0) is 18.4. The van der Waals surface area contributed by atoms with Gasteiger partial charge in [-0.3, -0.25) is 9.52 Å². The van der Waals surface area contributed by atoms with Crippen molar-refractivity contribution in [3.8, 4) is 0 Å². The van der Waals surface area contributed by atoms with Gasteiger partial charge in [0.15, 0.2) is 0 Å². The van der Waals surface area contributed by atoms with Crippen LogP contribution in [-0.2, 0) is 21.2 Å². The Labute approximate surface area is 160 Å². The molecule has 0 fully saturated rings. The first-order valence-electron chi connectivity index (χ1n) is 7.58. The number of benzene rings is 2. The second-order valence-electron chi connectivity index (χ2n) is 5.90. The van der Waals surface area contributed by atoms with E-state index in [1.54, 1.807) is 36.1 Å². The van der Waals surface area contributed by atoms with Crippen molar-refractivity contribution in [1.82, 2.24) is 0 Å². The van der Waals surface area contributed by atoms with E-state index in [-0.39, 0.29) is 10.8 Å². The Kier molecular flexibility index (Phi) is 4.83. The van der Waals surface area contributed by atoms with E-state index in [2.05, 4.69) is 20.7 Å². The molecule has 1 aliphatic rings. The molecule has 8 heteroatoms. The number of rotatable bonds is 3. The highest BCUT2D eigenvalue weighted by molar-refractivity contribution is 9.10. The quantitative estimate of drug-likeness (QED) is 0.776. The van der Waals surface area contributed by atoms with E-state index in [4.69, 9.17) is 11.6 Å². The van der Waals surface area contributed by atoms with Crippen LogP contribution in [0.15, 0.2) is 39.7 Å². The van der Waals surface area contributed by atoms with Gasteiger partial charge in [0.25, 0.3) is 10.0 Å². The molecule has 0 aromatic heterocycles. The fourth-order valence-corrected chi connectivity index (χ4v) is 5.23. The van der Waals surface area contributed by atoms with Gasteiger partial charge in [-0.2, -0.15) is 0 Å².